The minimum absolute atomic E-state index is 0.0950. The van der Waals surface area contributed by atoms with Gasteiger partial charge in [-0.1, -0.05) is 42.5 Å². The van der Waals surface area contributed by atoms with Gasteiger partial charge in [-0.2, -0.15) is 5.10 Å². The first-order valence-corrected chi connectivity index (χ1v) is 5.98. The number of anilines is 1. The van der Waals surface area contributed by atoms with Crippen LogP contribution in [0.5, 0.6) is 0 Å². The van der Waals surface area contributed by atoms with Crippen LogP contribution in [0.25, 0.3) is 10.8 Å². The molecule has 0 aliphatic rings. The van der Waals surface area contributed by atoms with E-state index in [2.05, 4.69) is 5.10 Å². The molecule has 94 valence electrons. The fourth-order valence-corrected chi connectivity index (χ4v) is 2.19. The maximum Gasteiger partial charge on any atom is 0.198 e. The van der Waals surface area contributed by atoms with E-state index in [0.29, 0.717) is 16.9 Å². The molecule has 4 nitrogen and oxygen atoms in total. The molecule has 0 unspecified atom stereocenters. The first-order chi connectivity index (χ1) is 9.18. The average Bonchev–Trinajstić information content (AvgIpc) is 2.78. The van der Waals surface area contributed by atoms with Crippen LogP contribution in [0, 0.1) is 0 Å². The summed E-state index contributed by atoms with van der Waals surface area (Å²) < 4.78 is 1.50. The highest BCUT2D eigenvalue weighted by Crippen LogP contribution is 2.23. The van der Waals surface area contributed by atoms with Gasteiger partial charge in [0.05, 0.1) is 11.8 Å². The zero-order valence-electron chi connectivity index (χ0n) is 10.5. The van der Waals surface area contributed by atoms with Crippen LogP contribution in [0.1, 0.15) is 15.9 Å². The van der Waals surface area contributed by atoms with Gasteiger partial charge in [0.25, 0.3) is 0 Å². The van der Waals surface area contributed by atoms with Crippen molar-refractivity contribution in [2.24, 2.45) is 7.05 Å². The van der Waals surface area contributed by atoms with E-state index in [1.54, 1.807) is 7.05 Å². The summed E-state index contributed by atoms with van der Waals surface area (Å²) in [5.74, 6) is 0.292. The van der Waals surface area contributed by atoms with Crippen LogP contribution in [-0.4, -0.2) is 15.6 Å². The van der Waals surface area contributed by atoms with Crippen LogP contribution in [0.15, 0.2) is 48.7 Å². The minimum Gasteiger partial charge on any atom is -0.383 e. The first-order valence-electron chi connectivity index (χ1n) is 5.98. The third kappa shape index (κ3) is 1.78. The summed E-state index contributed by atoms with van der Waals surface area (Å²) in [6.07, 6.45) is 1.51. The molecule has 4 heteroatoms. The molecule has 1 aromatic heterocycles. The van der Waals surface area contributed by atoms with Gasteiger partial charge in [0.1, 0.15) is 5.82 Å². The predicted molar refractivity (Wildman–Crippen MR) is 75.0 cm³/mol. The number of aromatic nitrogens is 2. The standard InChI is InChI=1S/C15H13N3O/c1-18-15(16)13(9-17-18)14(19)12-8-4-6-10-5-2-3-7-11(10)12/h2-9H,16H2,1H3. The molecule has 0 aliphatic carbocycles. The number of ketones is 1. The van der Waals surface area contributed by atoms with E-state index in [9.17, 15) is 4.79 Å². The van der Waals surface area contributed by atoms with E-state index < -0.39 is 0 Å². The van der Waals surface area contributed by atoms with Crippen LogP contribution in [-0.2, 0) is 7.05 Å². The smallest absolute Gasteiger partial charge is 0.198 e. The highest BCUT2D eigenvalue weighted by Gasteiger charge is 2.17. The topological polar surface area (TPSA) is 60.9 Å². The van der Waals surface area contributed by atoms with Gasteiger partial charge in [-0.05, 0) is 10.8 Å². The molecule has 0 saturated carbocycles. The van der Waals surface area contributed by atoms with E-state index in [1.165, 1.54) is 10.9 Å². The Morgan fingerprint density at radius 2 is 1.84 bits per heavy atom. The van der Waals surface area contributed by atoms with Crippen LogP contribution in [0.2, 0.25) is 0 Å². The van der Waals surface area contributed by atoms with Crippen LogP contribution in [0.3, 0.4) is 0 Å². The number of rotatable bonds is 2. The molecule has 0 spiro atoms. The SMILES string of the molecule is Cn1ncc(C(=O)c2cccc3ccccc23)c1N. The summed E-state index contributed by atoms with van der Waals surface area (Å²) in [6.45, 7) is 0. The zero-order valence-corrected chi connectivity index (χ0v) is 10.5. The second-order valence-corrected chi connectivity index (χ2v) is 4.42. The Morgan fingerprint density at radius 1 is 1.11 bits per heavy atom. The number of nitrogens with two attached hydrogens (primary N) is 1. The number of carbonyl (C=O) groups is 1. The second kappa shape index (κ2) is 4.24. The first kappa shape index (κ1) is 11.5. The Hall–Kier alpha value is -2.62. The molecule has 2 aromatic carbocycles. The lowest BCUT2D eigenvalue weighted by atomic mass is 9.98. The van der Waals surface area contributed by atoms with Crippen molar-refractivity contribution in [3.05, 3.63) is 59.8 Å². The van der Waals surface area contributed by atoms with Gasteiger partial charge < -0.3 is 5.73 Å². The van der Waals surface area contributed by atoms with E-state index in [-0.39, 0.29) is 5.78 Å². The summed E-state index contributed by atoms with van der Waals surface area (Å²) in [6, 6.07) is 13.5. The summed E-state index contributed by atoms with van der Waals surface area (Å²) in [5, 5.41) is 5.98. The average molecular weight is 251 g/mol. The van der Waals surface area contributed by atoms with Crippen molar-refractivity contribution in [1.82, 2.24) is 9.78 Å². The largest absolute Gasteiger partial charge is 0.383 e. The molecule has 19 heavy (non-hydrogen) atoms. The lowest BCUT2D eigenvalue weighted by Gasteiger charge is -2.05. The highest BCUT2D eigenvalue weighted by atomic mass is 16.1. The molecule has 0 bridgehead atoms. The monoisotopic (exact) mass is 251 g/mol. The Bertz CT molecular complexity index is 769. The number of carbonyl (C=O) groups excluding carboxylic acids is 1. The summed E-state index contributed by atoms with van der Waals surface area (Å²) in [5.41, 5.74) is 6.96. The number of aryl methyl sites for hydroxylation is 1. The van der Waals surface area contributed by atoms with Crippen LogP contribution < -0.4 is 5.73 Å². The van der Waals surface area contributed by atoms with Crippen LogP contribution >= 0.6 is 0 Å². The van der Waals surface area contributed by atoms with Gasteiger partial charge >= 0.3 is 0 Å². The van der Waals surface area contributed by atoms with Gasteiger partial charge in [-0.25, -0.2) is 0 Å². The van der Waals surface area contributed by atoms with E-state index >= 15 is 0 Å². The molecule has 0 fully saturated rings. The zero-order chi connectivity index (χ0) is 13.4. The molecule has 3 aromatic rings. The maximum absolute atomic E-state index is 12.6. The van der Waals surface area contributed by atoms with Gasteiger partial charge in [-0.3, -0.25) is 9.48 Å². The Morgan fingerprint density at radius 3 is 2.58 bits per heavy atom. The fraction of sp³-hybridized carbons (Fsp3) is 0.0667. The van der Waals surface area contributed by atoms with Gasteiger partial charge in [0.2, 0.25) is 0 Å². The van der Waals surface area contributed by atoms with Crippen molar-refractivity contribution >= 4 is 22.4 Å². The lowest BCUT2D eigenvalue weighted by molar-refractivity contribution is 0.104. The van der Waals surface area contributed by atoms with Crippen LogP contribution in [0.4, 0.5) is 5.82 Å². The quantitative estimate of drug-likeness (QED) is 0.711. The predicted octanol–water partition coefficient (Wildman–Crippen LogP) is 2.39. The maximum atomic E-state index is 12.6. The molecule has 0 aliphatic heterocycles. The fourth-order valence-electron chi connectivity index (χ4n) is 2.19. The number of hydrogen-bond donors (Lipinski definition) is 1. The molecular formula is C15H13N3O. The van der Waals surface area contributed by atoms with E-state index in [4.69, 9.17) is 5.73 Å². The van der Waals surface area contributed by atoms with Crippen molar-refractivity contribution in [2.75, 3.05) is 5.73 Å². The lowest BCUT2D eigenvalue weighted by Crippen LogP contribution is -2.06. The van der Waals surface area contributed by atoms with Crippen molar-refractivity contribution in [2.45, 2.75) is 0 Å². The molecular weight excluding hydrogens is 238 g/mol. The van der Waals surface area contributed by atoms with Gasteiger partial charge in [0.15, 0.2) is 5.78 Å². The molecule has 1 heterocycles. The van der Waals surface area contributed by atoms with Crippen molar-refractivity contribution in [3.8, 4) is 0 Å². The molecule has 0 atom stereocenters. The summed E-state index contributed by atoms with van der Waals surface area (Å²) >= 11 is 0. The highest BCUT2D eigenvalue weighted by molar-refractivity contribution is 6.18. The molecule has 0 amide bonds. The van der Waals surface area contributed by atoms with Gasteiger partial charge in [-0.15, -0.1) is 0 Å². The normalized spacial score (nSPS) is 10.8. The van der Waals surface area contributed by atoms with E-state index in [0.717, 1.165) is 10.8 Å². The molecule has 3 rings (SSSR count). The Balaban J connectivity index is 2.20. The summed E-state index contributed by atoms with van der Waals surface area (Å²) in [4.78, 5) is 12.6. The second-order valence-electron chi connectivity index (χ2n) is 4.42. The van der Waals surface area contributed by atoms with Crippen molar-refractivity contribution in [3.63, 3.8) is 0 Å². The number of hydrogen-bond acceptors (Lipinski definition) is 3. The number of fused-ring (bicyclic) bond motifs is 1. The third-order valence-corrected chi connectivity index (χ3v) is 3.26. The number of benzene rings is 2. The Labute approximate surface area is 110 Å². The molecule has 2 N–H and O–H groups in total. The van der Waals surface area contributed by atoms with E-state index in [1.807, 2.05) is 42.5 Å². The minimum atomic E-state index is -0.0950. The number of nitrogens with zero attached hydrogens (tertiary/aromatic N) is 2. The van der Waals surface area contributed by atoms with Gasteiger partial charge in [0, 0.05) is 12.6 Å². The number of nitrogen functional groups attached to an aromatic ring is 1. The Kier molecular flexibility index (Phi) is 2.56. The van der Waals surface area contributed by atoms with Crippen molar-refractivity contribution < 1.29 is 4.79 Å². The molecule has 0 radical (unpaired) electrons. The van der Waals surface area contributed by atoms with Crippen molar-refractivity contribution in [1.29, 1.82) is 0 Å². The third-order valence-electron chi connectivity index (χ3n) is 3.26. The molecule has 0 saturated heterocycles. The summed E-state index contributed by atoms with van der Waals surface area (Å²) in [7, 11) is 1.72.